The van der Waals surface area contributed by atoms with E-state index in [1.165, 1.54) is 0 Å². The topological polar surface area (TPSA) is 96.0 Å². The number of benzene rings is 1. The Morgan fingerprint density at radius 3 is 2.83 bits per heavy atom. The third-order valence-corrected chi connectivity index (χ3v) is 3.85. The fourth-order valence-electron chi connectivity index (χ4n) is 2.73. The number of nitrogens with one attached hydrogen (secondary N) is 3. The van der Waals surface area contributed by atoms with Crippen LogP contribution >= 0.6 is 12.4 Å². The number of fused-ring (bicyclic) bond motifs is 1. The number of carbonyl (C=O) groups excluding carboxylic acids is 1. The molecule has 8 heteroatoms. The van der Waals surface area contributed by atoms with E-state index < -0.39 is 11.2 Å². The van der Waals surface area contributed by atoms with E-state index >= 15 is 0 Å². The lowest BCUT2D eigenvalue weighted by Crippen LogP contribution is -2.48. The first-order chi connectivity index (χ1) is 10.6. The molecule has 2 heterocycles. The van der Waals surface area contributed by atoms with Crippen molar-refractivity contribution in [2.24, 2.45) is 0 Å². The van der Waals surface area contributed by atoms with Crippen molar-refractivity contribution in [2.75, 3.05) is 13.1 Å². The van der Waals surface area contributed by atoms with Gasteiger partial charge in [-0.15, -0.1) is 12.4 Å². The molecule has 1 fully saturated rings. The lowest BCUT2D eigenvalue weighted by Gasteiger charge is -2.23. The van der Waals surface area contributed by atoms with Crippen LogP contribution in [0.5, 0.6) is 0 Å². The largest absolute Gasteiger partial charge is 0.351 e. The summed E-state index contributed by atoms with van der Waals surface area (Å²) in [5.74, 6) is -0.323. The van der Waals surface area contributed by atoms with E-state index in [-0.39, 0.29) is 30.9 Å². The molecule has 0 radical (unpaired) electrons. The molecule has 3 N–H and O–H groups in total. The Hall–Kier alpha value is -2.12. The fraction of sp³-hybridized carbons (Fsp3) is 0.400. The Labute approximate surface area is 138 Å². The van der Waals surface area contributed by atoms with E-state index in [9.17, 15) is 14.4 Å². The molecule has 0 saturated carbocycles. The maximum atomic E-state index is 12.3. The number of aromatic amines is 1. The average molecular weight is 339 g/mol. The number of hydrogen-bond acceptors (Lipinski definition) is 4. The van der Waals surface area contributed by atoms with Crippen LogP contribution in [0.1, 0.15) is 12.8 Å². The Bertz CT molecular complexity index is 808. The van der Waals surface area contributed by atoms with Gasteiger partial charge >= 0.3 is 5.69 Å². The molecule has 1 aromatic heterocycles. The highest BCUT2D eigenvalue weighted by Crippen LogP contribution is 2.03. The SMILES string of the molecule is Cl.O=C(Cn1c(=O)[nH]c2ccccc2c1=O)N[C@H]1CCCNC1. The second kappa shape index (κ2) is 7.43. The van der Waals surface area contributed by atoms with E-state index in [2.05, 4.69) is 15.6 Å². The molecular formula is C15H19ClN4O3. The van der Waals surface area contributed by atoms with Gasteiger partial charge in [0.05, 0.1) is 10.9 Å². The van der Waals surface area contributed by atoms with Gasteiger partial charge in [0.2, 0.25) is 5.91 Å². The van der Waals surface area contributed by atoms with Crippen molar-refractivity contribution < 1.29 is 4.79 Å². The third-order valence-electron chi connectivity index (χ3n) is 3.85. The van der Waals surface area contributed by atoms with E-state index in [4.69, 9.17) is 0 Å². The monoisotopic (exact) mass is 338 g/mol. The number of nitrogens with zero attached hydrogens (tertiary/aromatic N) is 1. The lowest BCUT2D eigenvalue weighted by atomic mass is 10.1. The van der Waals surface area contributed by atoms with Crippen molar-refractivity contribution >= 4 is 29.2 Å². The Kier molecular flexibility index (Phi) is 5.57. The molecule has 1 aromatic carbocycles. The number of aromatic nitrogens is 2. The summed E-state index contributed by atoms with van der Waals surface area (Å²) in [5.41, 5.74) is -0.539. The van der Waals surface area contributed by atoms with Gasteiger partial charge in [0.25, 0.3) is 5.56 Å². The van der Waals surface area contributed by atoms with Crippen molar-refractivity contribution in [1.82, 2.24) is 20.2 Å². The van der Waals surface area contributed by atoms with Crippen LogP contribution in [0, 0.1) is 0 Å². The molecule has 1 atom stereocenters. The van der Waals surface area contributed by atoms with Gasteiger partial charge in [-0.1, -0.05) is 12.1 Å². The molecule has 0 spiro atoms. The highest BCUT2D eigenvalue weighted by Gasteiger charge is 2.17. The number of carbonyl (C=O) groups is 1. The normalized spacial score (nSPS) is 17.5. The average Bonchev–Trinajstić information content (AvgIpc) is 2.52. The maximum absolute atomic E-state index is 12.3. The standard InChI is InChI=1S/C15H18N4O3.ClH/c20-13(17-10-4-3-7-16-8-10)9-19-14(21)11-5-1-2-6-12(11)18-15(19)22;/h1-2,5-6,10,16H,3-4,7-9H2,(H,17,20)(H,18,22);1H/t10-;/m0./s1. The predicted molar refractivity (Wildman–Crippen MR) is 90.1 cm³/mol. The second-order valence-electron chi connectivity index (χ2n) is 5.48. The zero-order chi connectivity index (χ0) is 15.5. The van der Waals surface area contributed by atoms with Crippen LogP contribution in [0.15, 0.2) is 33.9 Å². The van der Waals surface area contributed by atoms with Crippen LogP contribution in [0.4, 0.5) is 0 Å². The van der Waals surface area contributed by atoms with Gasteiger partial charge in [-0.2, -0.15) is 0 Å². The van der Waals surface area contributed by atoms with Crippen LogP contribution in [-0.2, 0) is 11.3 Å². The zero-order valence-corrected chi connectivity index (χ0v) is 13.3. The molecule has 2 aromatic rings. The highest BCUT2D eigenvalue weighted by molar-refractivity contribution is 5.85. The summed E-state index contributed by atoms with van der Waals surface area (Å²) in [6, 6.07) is 6.81. The minimum absolute atomic E-state index is 0. The molecule has 23 heavy (non-hydrogen) atoms. The fourth-order valence-corrected chi connectivity index (χ4v) is 2.73. The molecule has 1 aliphatic heterocycles. The Balaban J connectivity index is 0.00000192. The third kappa shape index (κ3) is 3.80. The van der Waals surface area contributed by atoms with Crippen LogP contribution in [0.25, 0.3) is 10.9 Å². The van der Waals surface area contributed by atoms with E-state index in [1.807, 2.05) is 0 Å². The zero-order valence-electron chi connectivity index (χ0n) is 12.5. The van der Waals surface area contributed by atoms with Crippen molar-refractivity contribution in [3.05, 3.63) is 45.1 Å². The highest BCUT2D eigenvalue weighted by atomic mass is 35.5. The Morgan fingerprint density at radius 1 is 1.30 bits per heavy atom. The number of halogens is 1. The molecule has 0 aliphatic carbocycles. The van der Waals surface area contributed by atoms with Crippen molar-refractivity contribution in [2.45, 2.75) is 25.4 Å². The number of para-hydroxylation sites is 1. The minimum atomic E-state index is -0.569. The van der Waals surface area contributed by atoms with Gasteiger partial charge < -0.3 is 15.6 Å². The van der Waals surface area contributed by atoms with Gasteiger partial charge in [0, 0.05) is 12.6 Å². The summed E-state index contributed by atoms with van der Waals surface area (Å²) in [4.78, 5) is 39.0. The maximum Gasteiger partial charge on any atom is 0.329 e. The van der Waals surface area contributed by atoms with Crippen molar-refractivity contribution in [3.8, 4) is 0 Å². The molecule has 0 bridgehead atoms. The van der Waals surface area contributed by atoms with Crippen LogP contribution in [-0.4, -0.2) is 34.6 Å². The van der Waals surface area contributed by atoms with Crippen LogP contribution < -0.4 is 21.9 Å². The number of rotatable bonds is 3. The number of amides is 1. The molecular weight excluding hydrogens is 320 g/mol. The van der Waals surface area contributed by atoms with Gasteiger partial charge in [-0.25, -0.2) is 4.79 Å². The predicted octanol–water partition coefficient (Wildman–Crippen LogP) is -0.0202. The minimum Gasteiger partial charge on any atom is -0.351 e. The first-order valence-electron chi connectivity index (χ1n) is 7.37. The van der Waals surface area contributed by atoms with E-state index in [1.54, 1.807) is 24.3 Å². The summed E-state index contributed by atoms with van der Waals surface area (Å²) >= 11 is 0. The quantitative estimate of drug-likeness (QED) is 0.733. The van der Waals surface area contributed by atoms with Gasteiger partial charge in [0.1, 0.15) is 6.54 Å². The first kappa shape index (κ1) is 17.2. The van der Waals surface area contributed by atoms with E-state index in [0.29, 0.717) is 17.4 Å². The summed E-state index contributed by atoms with van der Waals surface area (Å²) in [6.45, 7) is 1.40. The summed E-state index contributed by atoms with van der Waals surface area (Å²) in [5, 5.41) is 6.45. The molecule has 1 aliphatic rings. The van der Waals surface area contributed by atoms with Gasteiger partial charge in [-0.3, -0.25) is 14.2 Å². The molecule has 1 amide bonds. The van der Waals surface area contributed by atoms with Crippen LogP contribution in [0.3, 0.4) is 0 Å². The van der Waals surface area contributed by atoms with Crippen molar-refractivity contribution in [3.63, 3.8) is 0 Å². The van der Waals surface area contributed by atoms with Gasteiger partial charge in [-0.05, 0) is 31.5 Å². The summed E-state index contributed by atoms with van der Waals surface area (Å²) in [6.07, 6.45) is 1.91. The number of H-pyrrole nitrogens is 1. The van der Waals surface area contributed by atoms with E-state index in [0.717, 1.165) is 24.0 Å². The smallest absolute Gasteiger partial charge is 0.329 e. The molecule has 1 saturated heterocycles. The summed E-state index contributed by atoms with van der Waals surface area (Å²) in [7, 11) is 0. The molecule has 3 rings (SSSR count). The second-order valence-corrected chi connectivity index (χ2v) is 5.48. The molecule has 0 unspecified atom stereocenters. The molecule has 7 nitrogen and oxygen atoms in total. The van der Waals surface area contributed by atoms with Crippen molar-refractivity contribution in [1.29, 1.82) is 0 Å². The Morgan fingerprint density at radius 2 is 2.09 bits per heavy atom. The number of hydrogen-bond donors (Lipinski definition) is 3. The number of piperidine rings is 1. The lowest BCUT2D eigenvalue weighted by molar-refractivity contribution is -0.122. The van der Waals surface area contributed by atoms with Gasteiger partial charge in [0.15, 0.2) is 0 Å². The first-order valence-corrected chi connectivity index (χ1v) is 7.37. The summed E-state index contributed by atoms with van der Waals surface area (Å²) < 4.78 is 0.938. The van der Waals surface area contributed by atoms with Crippen LogP contribution in [0.2, 0.25) is 0 Å². The molecule has 124 valence electrons.